The fourth-order valence-electron chi connectivity index (χ4n) is 3.59. The lowest BCUT2D eigenvalue weighted by Gasteiger charge is -2.30. The first-order valence-corrected chi connectivity index (χ1v) is 11.4. The van der Waals surface area contributed by atoms with Crippen molar-refractivity contribution in [1.29, 1.82) is 0 Å². The lowest BCUT2D eigenvalue weighted by molar-refractivity contribution is -0.142. The Bertz CT molecular complexity index is 895. The molecule has 0 spiro atoms. The van der Waals surface area contributed by atoms with E-state index in [4.69, 9.17) is 39.5 Å². The molecule has 2 amide bonds. The SMILES string of the molecule is CC(C(=O)NC1CCCC1)N(Cc1c(Cl)cccc1Cl)C(=O)COc1ccc(Cl)cc1. The van der Waals surface area contributed by atoms with Gasteiger partial charge in [-0.05, 0) is 56.2 Å². The number of nitrogens with one attached hydrogen (secondary N) is 1. The minimum Gasteiger partial charge on any atom is -0.484 e. The molecular formula is C23H25Cl3N2O3. The molecule has 5 nitrogen and oxygen atoms in total. The van der Waals surface area contributed by atoms with Gasteiger partial charge in [0.15, 0.2) is 6.61 Å². The van der Waals surface area contributed by atoms with Gasteiger partial charge in [0.1, 0.15) is 11.8 Å². The molecule has 166 valence electrons. The average Bonchev–Trinajstić information content (AvgIpc) is 3.25. The van der Waals surface area contributed by atoms with Crippen LogP contribution in [0.3, 0.4) is 0 Å². The molecule has 8 heteroatoms. The molecule has 1 aliphatic rings. The Morgan fingerprint density at radius 1 is 1.06 bits per heavy atom. The summed E-state index contributed by atoms with van der Waals surface area (Å²) in [6, 6.07) is 11.3. The summed E-state index contributed by atoms with van der Waals surface area (Å²) in [4.78, 5) is 27.4. The molecule has 31 heavy (non-hydrogen) atoms. The maximum absolute atomic E-state index is 13.1. The lowest BCUT2D eigenvalue weighted by Crippen LogP contribution is -2.50. The molecule has 0 radical (unpaired) electrons. The second-order valence-electron chi connectivity index (χ2n) is 7.63. The minimum absolute atomic E-state index is 0.0978. The number of hydrogen-bond acceptors (Lipinski definition) is 3. The number of ether oxygens (including phenoxy) is 1. The Balaban J connectivity index is 1.75. The van der Waals surface area contributed by atoms with Gasteiger partial charge in [0.05, 0.1) is 0 Å². The van der Waals surface area contributed by atoms with Crippen molar-refractivity contribution in [1.82, 2.24) is 10.2 Å². The molecular weight excluding hydrogens is 459 g/mol. The predicted molar refractivity (Wildman–Crippen MR) is 124 cm³/mol. The highest BCUT2D eigenvalue weighted by molar-refractivity contribution is 6.36. The van der Waals surface area contributed by atoms with Gasteiger partial charge in [-0.1, -0.05) is 53.7 Å². The van der Waals surface area contributed by atoms with E-state index < -0.39 is 6.04 Å². The molecule has 2 aromatic carbocycles. The molecule has 0 bridgehead atoms. The van der Waals surface area contributed by atoms with Crippen molar-refractivity contribution in [3.8, 4) is 5.75 Å². The van der Waals surface area contributed by atoms with Crippen LogP contribution in [-0.2, 0) is 16.1 Å². The zero-order valence-corrected chi connectivity index (χ0v) is 19.5. The first kappa shape index (κ1) is 23.7. The van der Waals surface area contributed by atoms with Crippen LogP contribution in [0.1, 0.15) is 38.2 Å². The molecule has 0 saturated heterocycles. The van der Waals surface area contributed by atoms with Gasteiger partial charge in [-0.15, -0.1) is 0 Å². The van der Waals surface area contributed by atoms with Crippen LogP contribution in [-0.4, -0.2) is 35.4 Å². The van der Waals surface area contributed by atoms with E-state index in [1.165, 1.54) is 4.90 Å². The van der Waals surface area contributed by atoms with Crippen LogP contribution in [0.5, 0.6) is 5.75 Å². The number of hydrogen-bond donors (Lipinski definition) is 1. The highest BCUT2D eigenvalue weighted by atomic mass is 35.5. The number of benzene rings is 2. The summed E-state index contributed by atoms with van der Waals surface area (Å²) in [5, 5.41) is 4.50. The van der Waals surface area contributed by atoms with Gasteiger partial charge in [-0.3, -0.25) is 9.59 Å². The number of carbonyl (C=O) groups is 2. The Hall–Kier alpha value is -1.95. The largest absolute Gasteiger partial charge is 0.484 e. The summed E-state index contributed by atoms with van der Waals surface area (Å²) in [6.45, 7) is 1.57. The van der Waals surface area contributed by atoms with E-state index in [1.807, 2.05) is 0 Å². The van der Waals surface area contributed by atoms with Crippen molar-refractivity contribution in [2.75, 3.05) is 6.61 Å². The van der Waals surface area contributed by atoms with E-state index in [-0.39, 0.29) is 31.0 Å². The zero-order valence-electron chi connectivity index (χ0n) is 17.2. The molecule has 0 heterocycles. The number of rotatable bonds is 8. The van der Waals surface area contributed by atoms with Gasteiger partial charge in [-0.2, -0.15) is 0 Å². The van der Waals surface area contributed by atoms with Crippen molar-refractivity contribution in [3.63, 3.8) is 0 Å². The predicted octanol–water partition coefficient (Wildman–Crippen LogP) is 5.50. The molecule has 0 aliphatic heterocycles. The third kappa shape index (κ3) is 6.52. The summed E-state index contributed by atoms with van der Waals surface area (Å²) in [7, 11) is 0. The van der Waals surface area contributed by atoms with Gasteiger partial charge in [0.2, 0.25) is 5.91 Å². The number of carbonyl (C=O) groups excluding carboxylic acids is 2. The van der Waals surface area contributed by atoms with Crippen molar-refractivity contribution < 1.29 is 14.3 Å². The summed E-state index contributed by atoms with van der Waals surface area (Å²) in [6.07, 6.45) is 4.13. The van der Waals surface area contributed by atoms with E-state index in [2.05, 4.69) is 5.32 Å². The number of amides is 2. The van der Waals surface area contributed by atoms with Crippen molar-refractivity contribution in [3.05, 3.63) is 63.1 Å². The molecule has 1 atom stereocenters. The van der Waals surface area contributed by atoms with Crippen LogP contribution in [0.15, 0.2) is 42.5 Å². The maximum Gasteiger partial charge on any atom is 0.261 e. The number of nitrogens with zero attached hydrogens (tertiary/aromatic N) is 1. The summed E-state index contributed by atoms with van der Waals surface area (Å²) >= 11 is 18.5. The van der Waals surface area contributed by atoms with E-state index in [0.717, 1.165) is 25.7 Å². The van der Waals surface area contributed by atoms with Gasteiger partial charge >= 0.3 is 0 Å². The first-order valence-electron chi connectivity index (χ1n) is 10.3. The molecule has 1 aliphatic carbocycles. The number of halogens is 3. The standard InChI is InChI=1S/C23H25Cl3N2O3/c1-15(23(30)27-17-5-2-3-6-17)28(13-19-20(25)7-4-8-21(19)26)22(29)14-31-18-11-9-16(24)10-12-18/h4,7-12,15,17H,2-3,5-6,13-14H2,1H3,(H,27,30). The molecule has 1 fully saturated rings. The third-order valence-corrected chi connectivity index (χ3v) is 6.40. The summed E-state index contributed by atoms with van der Waals surface area (Å²) in [5.74, 6) is -0.0357. The van der Waals surface area contributed by atoms with Crippen molar-refractivity contribution in [2.24, 2.45) is 0 Å². The topological polar surface area (TPSA) is 58.6 Å². The van der Waals surface area contributed by atoms with Gasteiger partial charge in [0.25, 0.3) is 5.91 Å². The summed E-state index contributed by atoms with van der Waals surface area (Å²) in [5.41, 5.74) is 0.589. The van der Waals surface area contributed by atoms with Crippen LogP contribution in [0.25, 0.3) is 0 Å². The quantitative estimate of drug-likeness (QED) is 0.539. The maximum atomic E-state index is 13.1. The van der Waals surface area contributed by atoms with Crippen molar-refractivity contribution >= 4 is 46.6 Å². The van der Waals surface area contributed by atoms with Gasteiger partial charge < -0.3 is 15.0 Å². The van der Waals surface area contributed by atoms with Crippen LogP contribution in [0.2, 0.25) is 15.1 Å². The van der Waals surface area contributed by atoms with E-state index >= 15 is 0 Å². The van der Waals surface area contributed by atoms with E-state index in [0.29, 0.717) is 26.4 Å². The van der Waals surface area contributed by atoms with Gasteiger partial charge in [0, 0.05) is 33.2 Å². The smallest absolute Gasteiger partial charge is 0.261 e. The van der Waals surface area contributed by atoms with E-state index in [9.17, 15) is 9.59 Å². The minimum atomic E-state index is -0.714. The molecule has 1 unspecified atom stereocenters. The fraction of sp³-hybridized carbons (Fsp3) is 0.391. The van der Waals surface area contributed by atoms with Crippen molar-refractivity contribution in [2.45, 2.75) is 51.2 Å². The van der Waals surface area contributed by atoms with Crippen LogP contribution in [0, 0.1) is 0 Å². The first-order chi connectivity index (χ1) is 14.8. The molecule has 2 aromatic rings. The molecule has 1 saturated carbocycles. The lowest BCUT2D eigenvalue weighted by atomic mass is 10.1. The second-order valence-corrected chi connectivity index (χ2v) is 8.88. The Kier molecular flexibility index (Phi) is 8.47. The van der Waals surface area contributed by atoms with Gasteiger partial charge in [-0.25, -0.2) is 0 Å². The Morgan fingerprint density at radius 2 is 1.68 bits per heavy atom. The fourth-order valence-corrected chi connectivity index (χ4v) is 4.23. The average molecular weight is 484 g/mol. The molecule has 0 aromatic heterocycles. The normalized spacial score (nSPS) is 14.8. The highest BCUT2D eigenvalue weighted by Crippen LogP contribution is 2.27. The Labute approximate surface area is 197 Å². The Morgan fingerprint density at radius 3 is 2.29 bits per heavy atom. The van der Waals surface area contributed by atoms with Crippen LogP contribution in [0.4, 0.5) is 0 Å². The van der Waals surface area contributed by atoms with Crippen LogP contribution >= 0.6 is 34.8 Å². The molecule has 3 rings (SSSR count). The van der Waals surface area contributed by atoms with Crippen LogP contribution < -0.4 is 10.1 Å². The van der Waals surface area contributed by atoms with E-state index in [1.54, 1.807) is 49.4 Å². The third-order valence-electron chi connectivity index (χ3n) is 5.43. The summed E-state index contributed by atoms with van der Waals surface area (Å²) < 4.78 is 5.62. The molecule has 1 N–H and O–H groups in total. The monoisotopic (exact) mass is 482 g/mol. The zero-order chi connectivity index (χ0) is 22.4. The second kappa shape index (κ2) is 11.1. The highest BCUT2D eigenvalue weighted by Gasteiger charge is 2.29.